The molecule has 4 aromatic rings. The first kappa shape index (κ1) is 31.0. The van der Waals surface area contributed by atoms with Gasteiger partial charge in [-0.2, -0.15) is 9.14 Å². The summed E-state index contributed by atoms with van der Waals surface area (Å²) in [4.78, 5) is 5.08. The summed E-state index contributed by atoms with van der Waals surface area (Å²) in [5.74, 6) is 0.822. The molecular formula is C30H34Cl2IN3O. The van der Waals surface area contributed by atoms with Crippen molar-refractivity contribution in [3.63, 3.8) is 0 Å². The predicted molar refractivity (Wildman–Crippen MR) is 156 cm³/mol. The first-order chi connectivity index (χ1) is 16.8. The predicted octanol–water partition coefficient (Wildman–Crippen LogP) is 0.780. The molecule has 3 aromatic carbocycles. The quantitative estimate of drug-likeness (QED) is 0.142. The molecule has 0 aliphatic carbocycles. The Hall–Kier alpha value is -2.22. The van der Waals surface area contributed by atoms with E-state index in [1.54, 1.807) is 0 Å². The van der Waals surface area contributed by atoms with E-state index in [4.69, 9.17) is 9.72 Å². The van der Waals surface area contributed by atoms with Crippen LogP contribution in [0, 0.1) is 0 Å². The van der Waals surface area contributed by atoms with Crippen molar-refractivity contribution in [2.45, 2.75) is 33.1 Å². The van der Waals surface area contributed by atoms with Crippen molar-refractivity contribution in [3.05, 3.63) is 77.9 Å². The van der Waals surface area contributed by atoms with Crippen LogP contribution in [0.5, 0.6) is 5.75 Å². The van der Waals surface area contributed by atoms with Crippen LogP contribution in [0.2, 0.25) is 0 Å². The molecule has 5 rings (SSSR count). The molecule has 2 heterocycles. The van der Waals surface area contributed by atoms with E-state index in [-0.39, 0.29) is 30.2 Å². The lowest BCUT2D eigenvalue weighted by atomic mass is 9.81. The zero-order valence-corrected chi connectivity index (χ0v) is 25.9. The Labute approximate surface area is 246 Å². The van der Waals surface area contributed by atoms with E-state index in [9.17, 15) is 0 Å². The number of hydrogen-bond donors (Lipinski definition) is 0. The summed E-state index contributed by atoms with van der Waals surface area (Å²) in [6, 6.07) is 21.1. The van der Waals surface area contributed by atoms with E-state index in [0.717, 1.165) is 33.4 Å². The summed E-state index contributed by atoms with van der Waals surface area (Å²) in [6.07, 6.45) is 4.44. The second-order valence-electron chi connectivity index (χ2n) is 9.13. The largest absolute Gasteiger partial charge is 1.00 e. The molecule has 37 heavy (non-hydrogen) atoms. The van der Waals surface area contributed by atoms with Crippen LogP contribution in [-0.4, -0.2) is 33.4 Å². The molecular weight excluding hydrogens is 616 g/mol. The van der Waals surface area contributed by atoms with Crippen molar-refractivity contribution in [2.24, 2.45) is 7.05 Å². The number of rotatable bonds is 4. The van der Waals surface area contributed by atoms with E-state index in [0.29, 0.717) is 6.61 Å². The van der Waals surface area contributed by atoms with Crippen LogP contribution in [0.25, 0.3) is 28.1 Å². The van der Waals surface area contributed by atoms with Crippen LogP contribution in [-0.2, 0) is 12.5 Å². The fraction of sp³-hybridized carbons (Fsp3) is 0.300. The first-order valence-corrected chi connectivity index (χ1v) is 13.7. The number of nitrogens with zero attached hydrogens (tertiary/aromatic N) is 3. The van der Waals surface area contributed by atoms with Gasteiger partial charge in [0, 0.05) is 35.4 Å². The van der Waals surface area contributed by atoms with E-state index < -0.39 is 0 Å². The van der Waals surface area contributed by atoms with Crippen LogP contribution in [0.4, 0.5) is 5.69 Å². The Morgan fingerprint density at radius 3 is 2.14 bits per heavy atom. The number of benzene rings is 3. The average molecular weight is 650 g/mol. The van der Waals surface area contributed by atoms with E-state index in [1.165, 1.54) is 21.4 Å². The maximum absolute atomic E-state index is 5.88. The Bertz CT molecular complexity index is 1460. The van der Waals surface area contributed by atoms with Gasteiger partial charge in [-0.3, -0.25) is 0 Å². The monoisotopic (exact) mass is 649 g/mol. The highest BCUT2D eigenvalue weighted by Crippen LogP contribution is 2.39. The van der Waals surface area contributed by atoms with Crippen molar-refractivity contribution in [1.29, 1.82) is 0 Å². The zero-order valence-electron chi connectivity index (χ0n) is 22.2. The smallest absolute Gasteiger partial charge is 0.235 e. The zero-order chi connectivity index (χ0) is 25.2. The lowest BCUT2D eigenvalue weighted by molar-refractivity contribution is -0.618. The molecule has 0 N–H and O–H groups in total. The molecule has 0 bridgehead atoms. The summed E-state index contributed by atoms with van der Waals surface area (Å²) in [5, 5.41) is 0. The molecule has 1 aliphatic rings. The molecule has 0 saturated heterocycles. The van der Waals surface area contributed by atoms with E-state index in [1.807, 2.05) is 19.1 Å². The average Bonchev–Trinajstić information content (AvgIpc) is 3.04. The van der Waals surface area contributed by atoms with Crippen molar-refractivity contribution in [2.75, 3.05) is 18.1 Å². The van der Waals surface area contributed by atoms with Crippen LogP contribution < -0.4 is 34.1 Å². The summed E-state index contributed by atoms with van der Waals surface area (Å²) < 4.78 is 11.6. The second kappa shape index (κ2) is 13.0. The fourth-order valence-corrected chi connectivity index (χ4v) is 4.95. The van der Waals surface area contributed by atoms with Gasteiger partial charge in [0.25, 0.3) is 0 Å². The molecule has 1 aliphatic heterocycles. The number of aryl methyl sites for hydroxylation is 1. The highest BCUT2D eigenvalue weighted by atomic mass is 127. The van der Waals surface area contributed by atoms with Crippen molar-refractivity contribution in [1.82, 2.24) is 4.98 Å². The number of allylic oxidation sites excluding steroid dienone is 1. The number of halogens is 3. The number of hydrogen-bond acceptors (Lipinski definition) is 2. The van der Waals surface area contributed by atoms with E-state index in [2.05, 4.69) is 127 Å². The minimum atomic E-state index is -0.0562. The maximum Gasteiger partial charge on any atom is 0.235 e. The minimum Gasteiger partial charge on any atom is -1.00 e. The molecule has 196 valence electrons. The Morgan fingerprint density at radius 1 is 0.865 bits per heavy atom. The second-order valence-corrected chi connectivity index (χ2v) is 10.7. The van der Waals surface area contributed by atoms with Crippen molar-refractivity contribution < 1.29 is 38.7 Å². The van der Waals surface area contributed by atoms with Crippen LogP contribution in [0.3, 0.4) is 0 Å². The molecule has 0 unspecified atom stereocenters. The van der Waals surface area contributed by atoms with Gasteiger partial charge >= 0.3 is 0 Å². The third-order valence-electron chi connectivity index (χ3n) is 6.63. The van der Waals surface area contributed by atoms with Crippen molar-refractivity contribution in [3.8, 4) is 5.75 Å². The Morgan fingerprint density at radius 2 is 1.49 bits per heavy atom. The van der Waals surface area contributed by atoms with Gasteiger partial charge in [-0.05, 0) is 37.3 Å². The molecule has 0 saturated carbocycles. The van der Waals surface area contributed by atoms with Crippen LogP contribution in [0.15, 0.2) is 66.7 Å². The van der Waals surface area contributed by atoms with Crippen LogP contribution in [0.1, 0.15) is 38.8 Å². The highest BCUT2D eigenvalue weighted by Gasteiger charge is 2.42. The number of aromatic nitrogens is 2. The molecule has 1 aromatic heterocycles. The van der Waals surface area contributed by atoms with Crippen LogP contribution >= 0.6 is 22.6 Å². The third-order valence-corrected chi connectivity index (χ3v) is 6.63. The fourth-order valence-electron chi connectivity index (χ4n) is 4.95. The van der Waals surface area contributed by atoms with Crippen molar-refractivity contribution >= 4 is 62.1 Å². The van der Waals surface area contributed by atoms with Gasteiger partial charge in [0.05, 0.1) is 12.0 Å². The molecule has 0 atom stereocenters. The van der Waals surface area contributed by atoms with E-state index >= 15 is 0 Å². The standard InChI is InChI=1S/C28H29N3O.C2H5I.2ClH/c1-6-32-24-16-10-15-23-27(24)29-26-19(11-9-14-22(26)30(23)4)17-18-25-28(2,3)20-12-7-8-13-21(20)31(25)5;1-2-3;;/h7-18H,6H2,1-5H3;2H2,1H3;2*1H/q+2;;;/p-2. The summed E-state index contributed by atoms with van der Waals surface area (Å²) in [5.41, 5.74) is 8.97. The SMILES string of the molecule is CCI.CCOc1cccc2c1nc1c(/C=C/C3=[N+](C)c4ccccc4C3(C)C)cccc1[n+]2C.[Cl-].[Cl-]. The molecule has 0 amide bonds. The lowest BCUT2D eigenvalue weighted by Crippen LogP contribution is -3.00. The number of fused-ring (bicyclic) bond motifs is 3. The summed E-state index contributed by atoms with van der Waals surface area (Å²) in [7, 11) is 4.24. The van der Waals surface area contributed by atoms with Gasteiger partial charge in [-0.1, -0.05) is 65.9 Å². The first-order valence-electron chi connectivity index (χ1n) is 12.1. The highest BCUT2D eigenvalue weighted by molar-refractivity contribution is 14.1. The maximum atomic E-state index is 5.88. The van der Waals surface area contributed by atoms with Gasteiger partial charge in [-0.25, -0.2) is 4.98 Å². The van der Waals surface area contributed by atoms with Gasteiger partial charge < -0.3 is 29.6 Å². The third kappa shape index (κ3) is 5.79. The summed E-state index contributed by atoms with van der Waals surface area (Å²) >= 11 is 2.29. The van der Waals surface area contributed by atoms with Gasteiger partial charge in [-0.15, -0.1) is 0 Å². The molecule has 0 fully saturated rings. The lowest BCUT2D eigenvalue weighted by Gasteiger charge is -2.15. The Kier molecular flexibility index (Phi) is 10.9. The molecule has 0 spiro atoms. The van der Waals surface area contributed by atoms with Gasteiger partial charge in [0.2, 0.25) is 16.7 Å². The Balaban J connectivity index is 0.000000919. The minimum absolute atomic E-state index is 0. The topological polar surface area (TPSA) is 29.0 Å². The molecule has 7 heteroatoms. The number of alkyl halides is 1. The molecule has 4 nitrogen and oxygen atoms in total. The van der Waals surface area contributed by atoms with Gasteiger partial charge in [0.15, 0.2) is 17.0 Å². The number of para-hydroxylation sites is 3. The van der Waals surface area contributed by atoms with Gasteiger partial charge in [0.1, 0.15) is 19.6 Å². The normalized spacial score (nSPS) is 13.6. The molecule has 0 radical (unpaired) electrons. The summed E-state index contributed by atoms with van der Waals surface area (Å²) in [6.45, 7) is 9.31. The number of ether oxygens (including phenoxy) is 1.